The van der Waals surface area contributed by atoms with Gasteiger partial charge in [-0.1, -0.05) is 18.2 Å². The molecule has 0 aromatic heterocycles. The lowest BCUT2D eigenvalue weighted by molar-refractivity contribution is -0.131. The largest absolute Gasteiger partial charge is 0.475 e. The Morgan fingerprint density at radius 1 is 1.38 bits per heavy atom. The zero-order chi connectivity index (χ0) is 12.3. The van der Waals surface area contributed by atoms with Crippen molar-refractivity contribution in [3.63, 3.8) is 0 Å². The molecule has 0 fully saturated rings. The van der Waals surface area contributed by atoms with Crippen LogP contribution in [0.4, 0.5) is 4.39 Å². The van der Waals surface area contributed by atoms with Crippen LogP contribution in [-0.4, -0.2) is 22.5 Å². The molecular weight excluding hydrogens is 211 g/mol. The number of hydrogen-bond donors (Lipinski definition) is 1. The van der Waals surface area contributed by atoms with Gasteiger partial charge in [0.05, 0.1) is 0 Å². The summed E-state index contributed by atoms with van der Waals surface area (Å²) in [6, 6.07) is 6.04. The highest BCUT2D eigenvalue weighted by atomic mass is 19.1. The molecule has 0 aliphatic rings. The van der Waals surface area contributed by atoms with Crippen LogP contribution in [0.1, 0.15) is 29.8 Å². The van der Waals surface area contributed by atoms with Gasteiger partial charge in [0.2, 0.25) is 0 Å². The normalized spacial score (nSPS) is 11.2. The number of halogens is 1. The molecule has 1 N–H and O–H groups in total. The number of Topliss-reactive ketones (excluding diaryl/α,β-unsaturated/α-hetero) is 1. The van der Waals surface area contributed by atoms with Crippen LogP contribution in [0.15, 0.2) is 24.3 Å². The molecule has 1 aromatic carbocycles. The Morgan fingerprint density at radius 3 is 2.50 bits per heavy atom. The van der Waals surface area contributed by atoms with Crippen LogP contribution in [0.25, 0.3) is 0 Å². The Morgan fingerprint density at radius 2 is 2.00 bits per heavy atom. The second kappa shape index (κ2) is 4.43. The van der Waals surface area contributed by atoms with Crippen molar-refractivity contribution in [3.05, 3.63) is 35.4 Å². The fourth-order valence-corrected chi connectivity index (χ4v) is 1.43. The summed E-state index contributed by atoms with van der Waals surface area (Å²) < 4.78 is 13.4. The van der Waals surface area contributed by atoms with E-state index >= 15 is 0 Å². The van der Waals surface area contributed by atoms with Gasteiger partial charge >= 0.3 is 5.97 Å². The molecule has 0 aliphatic heterocycles. The fraction of sp³-hybridized carbons (Fsp3) is 0.333. The third-order valence-corrected chi connectivity index (χ3v) is 2.01. The van der Waals surface area contributed by atoms with E-state index in [2.05, 4.69) is 0 Å². The van der Waals surface area contributed by atoms with E-state index < -0.39 is 17.4 Å². The fourth-order valence-electron chi connectivity index (χ4n) is 1.43. The zero-order valence-electron chi connectivity index (χ0n) is 9.16. The number of carbonyl (C=O) groups is 2. The number of aliphatic carboxylic acids is 1. The average molecular weight is 224 g/mol. The van der Waals surface area contributed by atoms with Crippen molar-refractivity contribution in [1.82, 2.24) is 0 Å². The third kappa shape index (κ3) is 3.46. The number of ketones is 1. The second-order valence-electron chi connectivity index (χ2n) is 4.23. The van der Waals surface area contributed by atoms with Crippen LogP contribution in [-0.2, 0) is 11.2 Å². The van der Waals surface area contributed by atoms with Crippen molar-refractivity contribution in [2.24, 2.45) is 0 Å². The molecule has 0 spiro atoms. The first kappa shape index (κ1) is 12.4. The van der Waals surface area contributed by atoms with Crippen molar-refractivity contribution in [3.8, 4) is 0 Å². The first-order chi connectivity index (χ1) is 7.29. The molecule has 0 saturated carbocycles. The van der Waals surface area contributed by atoms with Gasteiger partial charge in [0.25, 0.3) is 5.78 Å². The molecule has 3 nitrogen and oxygen atoms in total. The van der Waals surface area contributed by atoms with Gasteiger partial charge < -0.3 is 5.11 Å². The van der Waals surface area contributed by atoms with Crippen LogP contribution in [0.2, 0.25) is 0 Å². The maximum atomic E-state index is 13.4. The van der Waals surface area contributed by atoms with Gasteiger partial charge in [0.15, 0.2) is 0 Å². The maximum Gasteiger partial charge on any atom is 0.377 e. The van der Waals surface area contributed by atoms with Crippen LogP contribution < -0.4 is 0 Å². The van der Waals surface area contributed by atoms with E-state index in [1.165, 1.54) is 26.0 Å². The number of carbonyl (C=O) groups excluding carboxylic acids is 1. The standard InChI is InChI=1S/C12H13FO3/c1-12(2,13)7-8-4-3-5-9(6-8)10(14)11(15)16/h3-6H,7H2,1-2H3,(H,15,16). The van der Waals surface area contributed by atoms with Gasteiger partial charge in [-0.3, -0.25) is 4.79 Å². The first-order valence-electron chi connectivity index (χ1n) is 4.85. The van der Waals surface area contributed by atoms with Crippen LogP contribution in [0.5, 0.6) is 0 Å². The number of rotatable bonds is 4. The molecule has 16 heavy (non-hydrogen) atoms. The molecule has 0 heterocycles. The highest BCUT2D eigenvalue weighted by Gasteiger charge is 2.18. The monoisotopic (exact) mass is 224 g/mol. The van der Waals surface area contributed by atoms with Gasteiger partial charge in [0, 0.05) is 12.0 Å². The third-order valence-electron chi connectivity index (χ3n) is 2.01. The lowest BCUT2D eigenvalue weighted by atomic mass is 9.98. The Kier molecular flexibility index (Phi) is 3.42. The lowest BCUT2D eigenvalue weighted by Gasteiger charge is -2.14. The molecular formula is C12H13FO3. The van der Waals surface area contributed by atoms with E-state index in [1.807, 2.05) is 0 Å². The van der Waals surface area contributed by atoms with Gasteiger partial charge in [-0.15, -0.1) is 0 Å². The van der Waals surface area contributed by atoms with Crippen molar-refractivity contribution in [1.29, 1.82) is 0 Å². The molecule has 0 aliphatic carbocycles. The van der Waals surface area contributed by atoms with Gasteiger partial charge in [-0.25, -0.2) is 9.18 Å². The Labute approximate surface area is 92.9 Å². The minimum Gasteiger partial charge on any atom is -0.475 e. The van der Waals surface area contributed by atoms with Crippen LogP contribution >= 0.6 is 0 Å². The summed E-state index contributed by atoms with van der Waals surface area (Å²) in [6.45, 7) is 2.86. The Bertz CT molecular complexity index is 419. The first-order valence-corrected chi connectivity index (χ1v) is 4.85. The predicted octanol–water partition coefficient (Wildman–Crippen LogP) is 2.24. The molecule has 0 amide bonds. The second-order valence-corrected chi connectivity index (χ2v) is 4.23. The Hall–Kier alpha value is -1.71. The van der Waals surface area contributed by atoms with Gasteiger partial charge in [-0.05, 0) is 25.5 Å². The number of carboxylic acid groups (broad SMARTS) is 1. The molecule has 0 saturated heterocycles. The van der Waals surface area contributed by atoms with E-state index in [9.17, 15) is 14.0 Å². The topological polar surface area (TPSA) is 54.4 Å². The summed E-state index contributed by atoms with van der Waals surface area (Å²) in [6.07, 6.45) is 0.147. The Balaban J connectivity index is 2.96. The lowest BCUT2D eigenvalue weighted by Crippen LogP contribution is -2.17. The summed E-state index contributed by atoms with van der Waals surface area (Å²) in [5.41, 5.74) is -0.695. The van der Waals surface area contributed by atoms with Gasteiger partial charge in [-0.2, -0.15) is 0 Å². The zero-order valence-corrected chi connectivity index (χ0v) is 9.16. The van der Waals surface area contributed by atoms with E-state index in [1.54, 1.807) is 12.1 Å². The average Bonchev–Trinajstić information content (AvgIpc) is 2.14. The molecule has 4 heteroatoms. The number of alkyl halides is 1. The summed E-state index contributed by atoms with van der Waals surface area (Å²) in [5, 5.41) is 8.54. The molecule has 0 atom stereocenters. The molecule has 1 aromatic rings. The van der Waals surface area contributed by atoms with Crippen molar-refractivity contribution < 1.29 is 19.1 Å². The highest BCUT2D eigenvalue weighted by Crippen LogP contribution is 2.17. The number of benzene rings is 1. The highest BCUT2D eigenvalue weighted by molar-refractivity contribution is 6.39. The quantitative estimate of drug-likeness (QED) is 0.630. The maximum absolute atomic E-state index is 13.4. The minimum atomic E-state index is -1.50. The predicted molar refractivity (Wildman–Crippen MR) is 57.3 cm³/mol. The van der Waals surface area contributed by atoms with E-state index in [-0.39, 0.29) is 12.0 Å². The molecule has 86 valence electrons. The van der Waals surface area contributed by atoms with Crippen molar-refractivity contribution in [2.75, 3.05) is 0 Å². The summed E-state index contributed by atoms with van der Waals surface area (Å²) in [5.74, 6) is -2.48. The molecule has 1 rings (SSSR count). The van der Waals surface area contributed by atoms with E-state index in [4.69, 9.17) is 5.11 Å². The summed E-state index contributed by atoms with van der Waals surface area (Å²) in [4.78, 5) is 21.6. The molecule has 0 bridgehead atoms. The van der Waals surface area contributed by atoms with Crippen molar-refractivity contribution >= 4 is 11.8 Å². The smallest absolute Gasteiger partial charge is 0.377 e. The summed E-state index contributed by atoms with van der Waals surface area (Å²) >= 11 is 0. The summed E-state index contributed by atoms with van der Waals surface area (Å²) in [7, 11) is 0. The molecule has 0 unspecified atom stereocenters. The number of hydrogen-bond acceptors (Lipinski definition) is 2. The van der Waals surface area contributed by atoms with Crippen molar-refractivity contribution in [2.45, 2.75) is 25.9 Å². The van der Waals surface area contributed by atoms with Crippen LogP contribution in [0.3, 0.4) is 0 Å². The molecule has 0 radical (unpaired) electrons. The minimum absolute atomic E-state index is 0.0780. The van der Waals surface area contributed by atoms with Crippen LogP contribution in [0, 0.1) is 0 Å². The van der Waals surface area contributed by atoms with E-state index in [0.29, 0.717) is 5.56 Å². The number of carboxylic acids is 1. The van der Waals surface area contributed by atoms with Gasteiger partial charge in [0.1, 0.15) is 5.67 Å². The SMILES string of the molecule is CC(C)(F)Cc1cccc(C(=O)C(=O)O)c1. The van der Waals surface area contributed by atoms with E-state index in [0.717, 1.165) is 0 Å².